The fraction of sp³-hybridized carbons (Fsp3) is 0.176. The Kier molecular flexibility index (Phi) is 10.3. The minimum Gasteiger partial charge on any atom is -0.493 e. The highest BCUT2D eigenvalue weighted by atomic mass is 127. The van der Waals surface area contributed by atoms with E-state index in [1.807, 2.05) is 42.5 Å². The Morgan fingerprint density at radius 1 is 0.857 bits per heavy atom. The molecule has 214 valence electrons. The van der Waals surface area contributed by atoms with Crippen LogP contribution in [0.4, 0.5) is 11.4 Å². The summed E-state index contributed by atoms with van der Waals surface area (Å²) in [5, 5.41) is 0.624. The van der Waals surface area contributed by atoms with Gasteiger partial charge in [0.25, 0.3) is 5.91 Å². The quantitative estimate of drug-likeness (QED) is 0.125. The molecule has 1 heterocycles. The molecule has 42 heavy (non-hydrogen) atoms. The third-order valence-electron chi connectivity index (χ3n) is 6.82. The van der Waals surface area contributed by atoms with E-state index in [4.69, 9.17) is 14.5 Å². The van der Waals surface area contributed by atoms with Crippen molar-refractivity contribution in [3.63, 3.8) is 0 Å². The Hall–Kier alpha value is -2.83. The first-order valence-electron chi connectivity index (χ1n) is 13.6. The van der Waals surface area contributed by atoms with Crippen molar-refractivity contribution in [2.75, 3.05) is 12.0 Å². The van der Waals surface area contributed by atoms with Gasteiger partial charge in [-0.15, -0.1) is 0 Å². The van der Waals surface area contributed by atoms with E-state index in [0.717, 1.165) is 38.9 Å². The Morgan fingerprint density at radius 2 is 1.48 bits per heavy atom. The number of methoxy groups -OCH3 is 1. The normalized spacial score (nSPS) is 15.1. The van der Waals surface area contributed by atoms with E-state index in [2.05, 4.69) is 108 Å². The number of benzene rings is 4. The van der Waals surface area contributed by atoms with Crippen molar-refractivity contribution in [1.29, 1.82) is 0 Å². The maximum Gasteiger partial charge on any atom is 0.271 e. The molecule has 1 aliphatic rings. The maximum absolute atomic E-state index is 13.9. The number of halogens is 2. The Bertz CT molecular complexity index is 1630. The number of nitrogens with zero attached hydrogens (tertiary/aromatic N) is 2. The monoisotopic (exact) mass is 800 g/mol. The van der Waals surface area contributed by atoms with Gasteiger partial charge in [0.2, 0.25) is 0 Å². The minimum atomic E-state index is -0.110. The number of amides is 1. The highest BCUT2D eigenvalue weighted by Gasteiger charge is 2.35. The van der Waals surface area contributed by atoms with Crippen LogP contribution in [0.15, 0.2) is 94.8 Å². The lowest BCUT2D eigenvalue weighted by Crippen LogP contribution is -2.28. The van der Waals surface area contributed by atoms with Crippen molar-refractivity contribution in [3.05, 3.63) is 119 Å². The standard InChI is InChI=1S/C34H30I2N2O3S/c1-4-22-8-14-27(15-9-22)37-34-38(28-16-10-23(5-2)11-17-28)33(39)31(42-34)20-25-18-29(36)32(30(19-25)40-3)41-21-24-6-12-26(35)13-7-24/h6-20H,4-5,21H2,1-3H3/b31-20-,37-34?. The lowest BCUT2D eigenvalue weighted by molar-refractivity contribution is -0.113. The van der Waals surface area contributed by atoms with Crippen LogP contribution in [0.3, 0.4) is 0 Å². The number of ether oxygens (including phenoxy) is 2. The van der Waals surface area contributed by atoms with Crippen LogP contribution in [-0.4, -0.2) is 18.2 Å². The van der Waals surface area contributed by atoms with Crippen molar-refractivity contribution in [2.45, 2.75) is 33.3 Å². The van der Waals surface area contributed by atoms with Crippen LogP contribution in [-0.2, 0) is 24.2 Å². The van der Waals surface area contributed by atoms with E-state index in [9.17, 15) is 4.79 Å². The average molecular weight is 800 g/mol. The van der Waals surface area contributed by atoms with Gasteiger partial charge in [-0.05, 0) is 147 Å². The summed E-state index contributed by atoms with van der Waals surface area (Å²) in [5.74, 6) is 1.19. The van der Waals surface area contributed by atoms with Crippen LogP contribution >= 0.6 is 56.9 Å². The van der Waals surface area contributed by atoms with Crippen LogP contribution in [0.5, 0.6) is 11.5 Å². The largest absolute Gasteiger partial charge is 0.493 e. The molecule has 1 aliphatic heterocycles. The third-order valence-corrected chi connectivity index (χ3v) is 9.31. The average Bonchev–Trinajstić information content (AvgIpc) is 3.31. The zero-order chi connectivity index (χ0) is 29.6. The predicted octanol–water partition coefficient (Wildman–Crippen LogP) is 9.42. The summed E-state index contributed by atoms with van der Waals surface area (Å²) in [7, 11) is 1.63. The fourth-order valence-electron chi connectivity index (χ4n) is 4.42. The van der Waals surface area contributed by atoms with Crippen LogP contribution in [0.1, 0.15) is 36.1 Å². The van der Waals surface area contributed by atoms with Crippen molar-refractivity contribution in [2.24, 2.45) is 4.99 Å². The number of carbonyl (C=O) groups excluding carboxylic acids is 1. The number of thioether (sulfide) groups is 1. The fourth-order valence-corrected chi connectivity index (χ4v) is 6.57. The summed E-state index contributed by atoms with van der Waals surface area (Å²) in [4.78, 5) is 21.0. The second-order valence-corrected chi connectivity index (χ2v) is 13.1. The van der Waals surface area contributed by atoms with Gasteiger partial charge in [-0.2, -0.15) is 0 Å². The van der Waals surface area contributed by atoms with E-state index >= 15 is 0 Å². The van der Waals surface area contributed by atoms with Crippen molar-refractivity contribution < 1.29 is 14.3 Å². The number of aliphatic imine (C=N–C) groups is 1. The molecule has 0 aliphatic carbocycles. The van der Waals surface area contributed by atoms with E-state index in [1.54, 1.807) is 12.0 Å². The number of hydrogen-bond donors (Lipinski definition) is 0. The highest BCUT2D eigenvalue weighted by molar-refractivity contribution is 14.1. The molecule has 5 nitrogen and oxygen atoms in total. The predicted molar refractivity (Wildman–Crippen MR) is 191 cm³/mol. The molecule has 0 aromatic heterocycles. The second-order valence-electron chi connectivity index (χ2n) is 9.63. The van der Waals surface area contributed by atoms with E-state index in [0.29, 0.717) is 28.2 Å². The molecule has 8 heteroatoms. The number of aryl methyl sites for hydroxylation is 2. The first kappa shape index (κ1) is 30.6. The highest BCUT2D eigenvalue weighted by Crippen LogP contribution is 2.40. The van der Waals surface area contributed by atoms with E-state index < -0.39 is 0 Å². The van der Waals surface area contributed by atoms with Gasteiger partial charge in [-0.3, -0.25) is 9.69 Å². The van der Waals surface area contributed by atoms with Crippen LogP contribution in [0, 0.1) is 7.14 Å². The molecule has 0 N–H and O–H groups in total. The van der Waals surface area contributed by atoms with Gasteiger partial charge >= 0.3 is 0 Å². The molecule has 0 atom stereocenters. The molecule has 0 saturated carbocycles. The Morgan fingerprint density at radius 3 is 2.10 bits per heavy atom. The number of rotatable bonds is 9. The topological polar surface area (TPSA) is 51.1 Å². The van der Waals surface area contributed by atoms with Crippen molar-refractivity contribution in [1.82, 2.24) is 0 Å². The molecule has 1 amide bonds. The third kappa shape index (κ3) is 7.20. The van der Waals surface area contributed by atoms with Crippen molar-refractivity contribution in [3.8, 4) is 11.5 Å². The van der Waals surface area contributed by atoms with Crippen LogP contribution in [0.25, 0.3) is 6.08 Å². The van der Waals surface area contributed by atoms with Gasteiger partial charge in [0, 0.05) is 3.57 Å². The van der Waals surface area contributed by atoms with Crippen LogP contribution in [0.2, 0.25) is 0 Å². The van der Waals surface area contributed by atoms with Gasteiger partial charge in [-0.25, -0.2) is 4.99 Å². The molecule has 5 rings (SSSR count). The van der Waals surface area contributed by atoms with Gasteiger partial charge in [-0.1, -0.05) is 50.2 Å². The first-order valence-corrected chi connectivity index (χ1v) is 16.6. The molecule has 0 unspecified atom stereocenters. The van der Waals surface area contributed by atoms with Crippen LogP contribution < -0.4 is 14.4 Å². The number of hydrogen-bond acceptors (Lipinski definition) is 5. The summed E-state index contributed by atoms with van der Waals surface area (Å²) >= 11 is 5.92. The van der Waals surface area contributed by atoms with Gasteiger partial charge in [0.1, 0.15) is 6.61 Å². The molecule has 1 saturated heterocycles. The van der Waals surface area contributed by atoms with Gasteiger partial charge in [0.15, 0.2) is 16.7 Å². The smallest absolute Gasteiger partial charge is 0.271 e. The number of amidine groups is 1. The summed E-state index contributed by atoms with van der Waals surface area (Å²) in [6.07, 6.45) is 3.80. The molecular weight excluding hydrogens is 770 g/mol. The number of carbonyl (C=O) groups is 1. The zero-order valence-electron chi connectivity index (χ0n) is 23.6. The summed E-state index contributed by atoms with van der Waals surface area (Å²) < 4.78 is 14.0. The summed E-state index contributed by atoms with van der Waals surface area (Å²) in [5.41, 5.74) is 6.00. The SMILES string of the molecule is CCc1ccc(N=C2S/C(=C\c3cc(I)c(OCc4ccc(I)cc4)c(OC)c3)C(=O)N2c2ccc(CC)cc2)cc1. The van der Waals surface area contributed by atoms with Gasteiger partial charge in [0.05, 0.1) is 27.0 Å². The minimum absolute atomic E-state index is 0.110. The van der Waals surface area contributed by atoms with Crippen molar-refractivity contribution >= 4 is 85.5 Å². The maximum atomic E-state index is 13.9. The van der Waals surface area contributed by atoms with E-state index in [1.165, 1.54) is 26.5 Å². The Labute approximate surface area is 278 Å². The molecule has 0 bridgehead atoms. The second kappa shape index (κ2) is 14.1. The molecule has 1 fully saturated rings. The number of anilines is 1. The molecule has 4 aromatic carbocycles. The molecule has 0 spiro atoms. The zero-order valence-corrected chi connectivity index (χ0v) is 28.7. The lowest BCUT2D eigenvalue weighted by Gasteiger charge is -2.16. The molecule has 0 radical (unpaired) electrons. The molecular formula is C34H30I2N2O3S. The van der Waals surface area contributed by atoms with E-state index in [-0.39, 0.29) is 5.91 Å². The summed E-state index contributed by atoms with van der Waals surface area (Å²) in [6.45, 7) is 4.68. The first-order chi connectivity index (χ1) is 20.4. The Balaban J connectivity index is 1.46. The lowest BCUT2D eigenvalue weighted by atomic mass is 10.1. The molecule has 4 aromatic rings. The summed E-state index contributed by atoms with van der Waals surface area (Å²) in [6, 6.07) is 28.4. The van der Waals surface area contributed by atoms with Gasteiger partial charge < -0.3 is 9.47 Å².